The number of nitrogens with one attached hydrogen (secondary N) is 4. The molecule has 0 spiro atoms. The van der Waals surface area contributed by atoms with E-state index < -0.39 is 24.3 Å². The Bertz CT molecular complexity index is 2620. The Balaban J connectivity index is 0.968. The maximum atomic E-state index is 14.1. The first kappa shape index (κ1) is 43.7. The van der Waals surface area contributed by atoms with Gasteiger partial charge in [0.15, 0.2) is 0 Å². The topological polar surface area (TPSA) is 175 Å². The summed E-state index contributed by atoms with van der Waals surface area (Å²) in [5, 5.41) is 7.64. The van der Waals surface area contributed by atoms with Crippen LogP contribution in [0.5, 0.6) is 0 Å². The Labute approximate surface area is 373 Å². The Morgan fingerprint density at radius 1 is 0.641 bits per heavy atom. The highest BCUT2D eigenvalue weighted by atomic mass is 16.5. The largest absolute Gasteiger partial charge is 0.453 e. The van der Waals surface area contributed by atoms with Gasteiger partial charge in [0.05, 0.1) is 50.1 Å². The van der Waals surface area contributed by atoms with Crippen molar-refractivity contribution < 1.29 is 28.7 Å². The lowest BCUT2D eigenvalue weighted by atomic mass is 9.96. The number of methoxy groups -OCH3 is 2. The Morgan fingerprint density at radius 2 is 1.16 bits per heavy atom. The molecule has 1 unspecified atom stereocenters. The van der Waals surface area contributed by atoms with Gasteiger partial charge in [-0.2, -0.15) is 0 Å². The number of H-pyrrole nitrogens is 2. The molecule has 2 fully saturated rings. The van der Waals surface area contributed by atoms with Crippen LogP contribution in [0.1, 0.15) is 82.2 Å². The molecule has 8 rings (SSSR count). The fourth-order valence-corrected chi connectivity index (χ4v) is 9.12. The predicted octanol–water partition coefficient (Wildman–Crippen LogP) is 8.77. The molecule has 332 valence electrons. The van der Waals surface area contributed by atoms with E-state index in [0.717, 1.165) is 68.6 Å². The molecule has 2 aliphatic heterocycles. The maximum Gasteiger partial charge on any atom is 0.407 e. The first-order valence-corrected chi connectivity index (χ1v) is 22.0. The zero-order valence-electron chi connectivity index (χ0n) is 37.1. The van der Waals surface area contributed by atoms with E-state index in [2.05, 4.69) is 93.4 Å². The maximum absolute atomic E-state index is 14.1. The average Bonchev–Trinajstić information content (AvgIpc) is 4.16. The van der Waals surface area contributed by atoms with E-state index in [1.54, 1.807) is 0 Å². The molecule has 2 saturated heterocycles. The van der Waals surface area contributed by atoms with Crippen LogP contribution in [0.2, 0.25) is 0 Å². The summed E-state index contributed by atoms with van der Waals surface area (Å²) in [5.74, 6) is 0.969. The van der Waals surface area contributed by atoms with Crippen LogP contribution in [0.15, 0.2) is 103 Å². The third-order valence-corrected chi connectivity index (χ3v) is 12.7. The van der Waals surface area contributed by atoms with Crippen molar-refractivity contribution in [3.05, 3.63) is 121 Å². The molecule has 5 atom stereocenters. The second-order valence-corrected chi connectivity index (χ2v) is 17.5. The fourth-order valence-electron chi connectivity index (χ4n) is 9.12. The minimum Gasteiger partial charge on any atom is -0.453 e. The summed E-state index contributed by atoms with van der Waals surface area (Å²) in [7, 11) is 2.59. The van der Waals surface area contributed by atoms with E-state index in [4.69, 9.17) is 19.4 Å². The molecular weight excluding hydrogens is 809 g/mol. The number of imidazole rings is 2. The van der Waals surface area contributed by atoms with Crippen LogP contribution in [-0.2, 0) is 19.1 Å². The van der Waals surface area contributed by atoms with Crippen molar-refractivity contribution in [1.29, 1.82) is 0 Å². The van der Waals surface area contributed by atoms with Gasteiger partial charge in [0.25, 0.3) is 0 Å². The minimum atomic E-state index is -0.746. The number of rotatable bonds is 12. The van der Waals surface area contributed by atoms with Crippen molar-refractivity contribution in [3.63, 3.8) is 0 Å². The van der Waals surface area contributed by atoms with Gasteiger partial charge in [0, 0.05) is 24.6 Å². The van der Waals surface area contributed by atoms with E-state index >= 15 is 0 Å². The van der Waals surface area contributed by atoms with Gasteiger partial charge < -0.3 is 39.9 Å². The Hall–Kier alpha value is -6.96. The van der Waals surface area contributed by atoms with Gasteiger partial charge in [0.2, 0.25) is 11.8 Å². The molecule has 4 aromatic carbocycles. The first-order valence-electron chi connectivity index (χ1n) is 22.0. The molecule has 0 aliphatic carbocycles. The van der Waals surface area contributed by atoms with Gasteiger partial charge >= 0.3 is 12.2 Å². The second kappa shape index (κ2) is 18.8. The number of likely N-dealkylation sites (tertiary alicyclic amines) is 2. The number of aromatic nitrogens is 4. The standard InChI is InChI=1S/C50H56N8O6/c1-29(2)43(55-49(61)63-5)47(59)57-22-10-13-41(57)45-51-27-40(54-45)37-21-20-35-23-34(18-19-36(35)24-37)32-14-16-33(17-15-32)39-26-52-46(53-39)42-25-38(31-11-8-7-9-12-31)28-58(42)48(60)44(30(3)4)56-50(62)64-6/h7-9,11-12,14-21,23-24,26-27,29-30,38,41-44H,10,13,22,25,28H2,1-6H3,(H,51,54)(H,52,53)(H,55,61)(H,56,62)/t38-,41-,42-,43-,44?/m0/s1. The highest BCUT2D eigenvalue weighted by molar-refractivity contribution is 5.91. The summed E-state index contributed by atoms with van der Waals surface area (Å²) in [4.78, 5) is 72.2. The lowest BCUT2D eigenvalue weighted by Gasteiger charge is -2.30. The number of aromatic amines is 2. The van der Waals surface area contributed by atoms with Gasteiger partial charge in [0.1, 0.15) is 23.7 Å². The number of hydrogen-bond donors (Lipinski definition) is 4. The number of carbonyl (C=O) groups excluding carboxylic acids is 4. The minimum absolute atomic E-state index is 0.107. The second-order valence-electron chi connectivity index (χ2n) is 17.5. The summed E-state index contributed by atoms with van der Waals surface area (Å²) < 4.78 is 9.63. The number of hydrogen-bond acceptors (Lipinski definition) is 8. The Kier molecular flexibility index (Phi) is 12.8. The SMILES string of the molecule is COC(=O)NC(C(=O)N1C[C@@H](c2ccccc2)C[C@H]1c1ncc(-c2ccc(-c3ccc4cc(-c5cnc([C@@H]6CCCN6C(=O)[C@@H](NC(=O)OC)C(C)C)[nH]5)ccc4c3)cc2)[nH]1)C(C)C. The smallest absolute Gasteiger partial charge is 0.407 e. The predicted molar refractivity (Wildman–Crippen MR) is 245 cm³/mol. The van der Waals surface area contributed by atoms with Crippen molar-refractivity contribution in [3.8, 4) is 33.6 Å². The molecule has 2 aliphatic rings. The van der Waals surface area contributed by atoms with Crippen LogP contribution >= 0.6 is 0 Å². The molecule has 14 heteroatoms. The van der Waals surface area contributed by atoms with Crippen LogP contribution in [0.3, 0.4) is 0 Å². The molecule has 64 heavy (non-hydrogen) atoms. The lowest BCUT2D eigenvalue weighted by Crippen LogP contribution is -2.51. The van der Waals surface area contributed by atoms with Crippen LogP contribution < -0.4 is 10.6 Å². The number of fused-ring (bicyclic) bond motifs is 1. The van der Waals surface area contributed by atoms with Crippen molar-refractivity contribution in [2.45, 2.75) is 77.0 Å². The molecular formula is C50H56N8O6. The van der Waals surface area contributed by atoms with Gasteiger partial charge in [-0.1, -0.05) is 107 Å². The zero-order valence-corrected chi connectivity index (χ0v) is 37.1. The van der Waals surface area contributed by atoms with Crippen LogP contribution in [-0.4, -0.2) is 93.1 Å². The van der Waals surface area contributed by atoms with Gasteiger partial charge in [-0.3, -0.25) is 9.59 Å². The van der Waals surface area contributed by atoms with Crippen molar-refractivity contribution in [1.82, 2.24) is 40.4 Å². The molecule has 6 aromatic rings. The van der Waals surface area contributed by atoms with E-state index in [1.807, 2.05) is 68.1 Å². The number of benzene rings is 4. The highest BCUT2D eigenvalue weighted by Gasteiger charge is 2.42. The average molecular weight is 865 g/mol. The molecule has 2 aromatic heterocycles. The molecule has 0 bridgehead atoms. The van der Waals surface area contributed by atoms with E-state index in [-0.39, 0.29) is 41.7 Å². The van der Waals surface area contributed by atoms with Gasteiger partial charge in [-0.15, -0.1) is 0 Å². The zero-order chi connectivity index (χ0) is 45.1. The number of amides is 4. The molecule has 0 saturated carbocycles. The third kappa shape index (κ3) is 9.08. The monoisotopic (exact) mass is 864 g/mol. The summed E-state index contributed by atoms with van der Waals surface area (Å²) in [5.41, 5.74) is 6.98. The molecule has 4 N–H and O–H groups in total. The Morgan fingerprint density at radius 3 is 1.75 bits per heavy atom. The van der Waals surface area contributed by atoms with Crippen molar-refractivity contribution >= 4 is 34.8 Å². The van der Waals surface area contributed by atoms with E-state index in [9.17, 15) is 19.2 Å². The fraction of sp³-hybridized carbons (Fsp3) is 0.360. The quantitative estimate of drug-likeness (QED) is 0.0945. The number of alkyl carbamates (subject to hydrolysis) is 2. The van der Waals surface area contributed by atoms with Crippen molar-refractivity contribution in [2.75, 3.05) is 27.3 Å². The van der Waals surface area contributed by atoms with Crippen LogP contribution in [0.4, 0.5) is 9.59 Å². The highest BCUT2D eigenvalue weighted by Crippen LogP contribution is 2.41. The van der Waals surface area contributed by atoms with E-state index in [0.29, 0.717) is 25.3 Å². The summed E-state index contributed by atoms with van der Waals surface area (Å²) in [6, 6.07) is 29.4. The number of nitrogens with zero attached hydrogens (tertiary/aromatic N) is 4. The van der Waals surface area contributed by atoms with E-state index in [1.165, 1.54) is 14.2 Å². The normalized spacial score (nSPS) is 18.3. The van der Waals surface area contributed by atoms with Gasteiger partial charge in [-0.25, -0.2) is 19.6 Å². The third-order valence-electron chi connectivity index (χ3n) is 12.7. The van der Waals surface area contributed by atoms with Crippen molar-refractivity contribution in [2.24, 2.45) is 11.8 Å². The number of ether oxygens (including phenoxy) is 2. The summed E-state index contributed by atoms with van der Waals surface area (Å²) in [6.07, 6.45) is 4.69. The van der Waals surface area contributed by atoms with Crippen LogP contribution in [0.25, 0.3) is 44.4 Å². The lowest BCUT2D eigenvalue weighted by molar-refractivity contribution is -0.136. The summed E-state index contributed by atoms with van der Waals surface area (Å²) in [6.45, 7) is 8.73. The van der Waals surface area contributed by atoms with Gasteiger partial charge in [-0.05, 0) is 76.3 Å². The summed E-state index contributed by atoms with van der Waals surface area (Å²) >= 11 is 0. The molecule has 14 nitrogen and oxygen atoms in total. The first-order chi connectivity index (χ1) is 30.9. The molecule has 4 amide bonds. The molecule has 0 radical (unpaired) electrons. The number of carbonyl (C=O) groups is 4. The van der Waals surface area contributed by atoms with Crippen LogP contribution in [0, 0.1) is 11.8 Å². The molecule has 4 heterocycles.